The first kappa shape index (κ1) is 18.9. The maximum absolute atomic E-state index is 12.8. The Hall–Kier alpha value is -1.10. The maximum Gasteiger partial charge on any atom is 0.230 e. The van der Waals surface area contributed by atoms with E-state index in [4.69, 9.17) is 0 Å². The second kappa shape index (κ2) is 8.51. The lowest BCUT2D eigenvalue weighted by Crippen LogP contribution is -2.46. The van der Waals surface area contributed by atoms with Gasteiger partial charge in [0.2, 0.25) is 5.91 Å². The number of benzene rings is 1. The van der Waals surface area contributed by atoms with E-state index in [0.29, 0.717) is 13.1 Å². The van der Waals surface area contributed by atoms with E-state index in [-0.39, 0.29) is 30.3 Å². The summed E-state index contributed by atoms with van der Waals surface area (Å²) in [4.78, 5) is 12.8. The van der Waals surface area contributed by atoms with Gasteiger partial charge in [0, 0.05) is 25.6 Å². The Kier molecular flexibility index (Phi) is 7.33. The van der Waals surface area contributed by atoms with E-state index in [2.05, 4.69) is 24.5 Å². The third-order valence-corrected chi connectivity index (χ3v) is 4.80. The molecule has 0 spiro atoms. The quantitative estimate of drug-likeness (QED) is 0.748. The van der Waals surface area contributed by atoms with Crippen molar-refractivity contribution in [3.8, 4) is 0 Å². The number of carbonyl (C=O) groups is 1. The summed E-state index contributed by atoms with van der Waals surface area (Å²) in [6.07, 6.45) is 1.18. The minimum atomic E-state index is -0.474. The molecular weight excluding hydrogens is 300 g/mol. The smallest absolute Gasteiger partial charge is 0.230 e. The van der Waals surface area contributed by atoms with Gasteiger partial charge in [0.15, 0.2) is 0 Å². The molecule has 2 atom stereocenters. The highest BCUT2D eigenvalue weighted by molar-refractivity contribution is 5.88. The van der Waals surface area contributed by atoms with Crippen molar-refractivity contribution in [2.24, 2.45) is 5.92 Å². The molecule has 0 aliphatic carbocycles. The first-order valence-electron chi connectivity index (χ1n) is 7.86. The summed E-state index contributed by atoms with van der Waals surface area (Å²) in [6, 6.07) is 9.98. The Bertz CT molecular complexity index is 463. The average Bonchev–Trinajstić information content (AvgIpc) is 2.93. The van der Waals surface area contributed by atoms with Gasteiger partial charge in [0.05, 0.1) is 11.5 Å². The molecular formula is C17H27ClN2O2. The number of hydrogen-bond acceptors (Lipinski definition) is 3. The van der Waals surface area contributed by atoms with Crippen LogP contribution in [0.15, 0.2) is 30.3 Å². The number of nitrogens with one attached hydrogen (secondary N) is 2. The molecule has 1 aromatic rings. The van der Waals surface area contributed by atoms with Crippen LogP contribution in [0.5, 0.6) is 0 Å². The monoisotopic (exact) mass is 326 g/mol. The van der Waals surface area contributed by atoms with E-state index < -0.39 is 5.41 Å². The Labute approximate surface area is 139 Å². The summed E-state index contributed by atoms with van der Waals surface area (Å²) >= 11 is 0. The van der Waals surface area contributed by atoms with Crippen LogP contribution >= 0.6 is 12.4 Å². The fourth-order valence-corrected chi connectivity index (χ4v) is 3.19. The molecule has 0 bridgehead atoms. The first-order valence-corrected chi connectivity index (χ1v) is 7.86. The largest absolute Gasteiger partial charge is 0.391 e. The topological polar surface area (TPSA) is 61.4 Å². The number of amides is 1. The summed E-state index contributed by atoms with van der Waals surface area (Å²) < 4.78 is 0. The van der Waals surface area contributed by atoms with E-state index in [0.717, 1.165) is 24.9 Å². The summed E-state index contributed by atoms with van der Waals surface area (Å²) in [7, 11) is 0. The highest BCUT2D eigenvalue weighted by atomic mass is 35.5. The molecule has 4 nitrogen and oxygen atoms in total. The summed E-state index contributed by atoms with van der Waals surface area (Å²) in [5, 5.41) is 16.0. The molecule has 1 heterocycles. The van der Waals surface area contributed by atoms with Crippen LogP contribution in [-0.4, -0.2) is 36.8 Å². The lowest BCUT2D eigenvalue weighted by Gasteiger charge is -2.31. The van der Waals surface area contributed by atoms with Gasteiger partial charge < -0.3 is 15.7 Å². The van der Waals surface area contributed by atoms with Crippen LogP contribution in [0, 0.1) is 5.92 Å². The van der Waals surface area contributed by atoms with Crippen LogP contribution in [0.4, 0.5) is 0 Å². The Morgan fingerprint density at radius 2 is 1.91 bits per heavy atom. The number of halogens is 1. The van der Waals surface area contributed by atoms with Crippen molar-refractivity contribution in [1.29, 1.82) is 0 Å². The van der Waals surface area contributed by atoms with Crippen molar-refractivity contribution < 1.29 is 9.90 Å². The number of hydrogen-bond donors (Lipinski definition) is 3. The normalized spacial score (nSPS) is 21.2. The number of β-amino-alcohol motifs (C(OH)–C–C–N with tert-alkyl or cyclic N) is 1. The third-order valence-electron chi connectivity index (χ3n) is 4.80. The van der Waals surface area contributed by atoms with E-state index >= 15 is 0 Å². The second-order valence-electron chi connectivity index (χ2n) is 5.85. The molecule has 1 saturated heterocycles. The van der Waals surface area contributed by atoms with Gasteiger partial charge >= 0.3 is 0 Å². The summed E-state index contributed by atoms with van der Waals surface area (Å²) in [5.41, 5.74) is 0.593. The zero-order chi connectivity index (χ0) is 15.3. The lowest BCUT2D eigenvalue weighted by atomic mass is 9.75. The van der Waals surface area contributed by atoms with Gasteiger partial charge in [-0.25, -0.2) is 0 Å². The van der Waals surface area contributed by atoms with Crippen molar-refractivity contribution in [1.82, 2.24) is 10.6 Å². The zero-order valence-electron chi connectivity index (χ0n) is 13.3. The van der Waals surface area contributed by atoms with E-state index in [1.165, 1.54) is 0 Å². The lowest BCUT2D eigenvalue weighted by molar-refractivity contribution is -0.127. The minimum Gasteiger partial charge on any atom is -0.391 e. The van der Waals surface area contributed by atoms with Crippen molar-refractivity contribution in [2.75, 3.05) is 19.6 Å². The first-order chi connectivity index (χ1) is 10.1. The van der Waals surface area contributed by atoms with Crippen LogP contribution < -0.4 is 10.6 Å². The van der Waals surface area contributed by atoms with Crippen LogP contribution in [0.2, 0.25) is 0 Å². The number of aliphatic hydroxyl groups excluding tert-OH is 1. The van der Waals surface area contributed by atoms with E-state index in [1.807, 2.05) is 30.3 Å². The van der Waals surface area contributed by atoms with E-state index in [1.54, 1.807) is 0 Å². The minimum absolute atomic E-state index is 0. The number of aliphatic hydroxyl groups is 1. The summed E-state index contributed by atoms with van der Waals surface area (Å²) in [5.74, 6) is 0.175. The second-order valence-corrected chi connectivity index (χ2v) is 5.85. The number of carbonyl (C=O) groups excluding carboxylic acids is 1. The zero-order valence-corrected chi connectivity index (χ0v) is 14.2. The Morgan fingerprint density at radius 3 is 2.41 bits per heavy atom. The van der Waals surface area contributed by atoms with E-state index in [9.17, 15) is 9.90 Å². The molecule has 1 amide bonds. The molecule has 1 fully saturated rings. The van der Waals surface area contributed by atoms with Crippen LogP contribution in [0.3, 0.4) is 0 Å². The van der Waals surface area contributed by atoms with Crippen LogP contribution in [0.1, 0.15) is 32.3 Å². The highest BCUT2D eigenvalue weighted by Gasteiger charge is 2.37. The molecule has 124 valence electrons. The predicted molar refractivity (Wildman–Crippen MR) is 91.3 cm³/mol. The summed E-state index contributed by atoms with van der Waals surface area (Å²) in [6.45, 7) is 6.02. The van der Waals surface area contributed by atoms with Crippen molar-refractivity contribution in [2.45, 2.75) is 38.2 Å². The van der Waals surface area contributed by atoms with Gasteiger partial charge in [-0.05, 0) is 18.4 Å². The predicted octanol–water partition coefficient (Wildman–Crippen LogP) is 1.86. The molecule has 2 rings (SSSR count). The molecule has 22 heavy (non-hydrogen) atoms. The van der Waals surface area contributed by atoms with Crippen molar-refractivity contribution in [3.05, 3.63) is 35.9 Å². The highest BCUT2D eigenvalue weighted by Crippen LogP contribution is 2.32. The average molecular weight is 327 g/mol. The Morgan fingerprint density at radius 1 is 1.27 bits per heavy atom. The molecule has 3 N–H and O–H groups in total. The van der Waals surface area contributed by atoms with Gasteiger partial charge in [0.1, 0.15) is 0 Å². The molecule has 1 aliphatic heterocycles. The Balaban J connectivity index is 0.00000242. The van der Waals surface area contributed by atoms with Gasteiger partial charge in [-0.3, -0.25) is 4.79 Å². The molecule has 2 unspecified atom stereocenters. The van der Waals surface area contributed by atoms with Crippen LogP contribution in [-0.2, 0) is 10.2 Å². The number of rotatable bonds is 6. The standard InChI is InChI=1S/C17H26N2O2.ClH/c1-3-17(4-2,14-8-6-5-7-9-14)16(21)19-11-13-10-18-12-15(13)20;/h5-9,13,15,18,20H,3-4,10-12H2,1-2H3,(H,19,21);1H. The van der Waals surface area contributed by atoms with Crippen LogP contribution in [0.25, 0.3) is 0 Å². The van der Waals surface area contributed by atoms with Crippen molar-refractivity contribution >= 4 is 18.3 Å². The molecule has 1 aliphatic rings. The molecule has 0 radical (unpaired) electrons. The fourth-order valence-electron chi connectivity index (χ4n) is 3.19. The maximum atomic E-state index is 12.8. The molecule has 0 aromatic heterocycles. The van der Waals surface area contributed by atoms with Gasteiger partial charge in [-0.15, -0.1) is 12.4 Å². The fraction of sp³-hybridized carbons (Fsp3) is 0.588. The van der Waals surface area contributed by atoms with Crippen molar-refractivity contribution in [3.63, 3.8) is 0 Å². The van der Waals surface area contributed by atoms with Gasteiger partial charge in [-0.2, -0.15) is 0 Å². The molecule has 1 aromatic carbocycles. The molecule has 5 heteroatoms. The molecule has 0 saturated carbocycles. The van der Waals surface area contributed by atoms with Gasteiger partial charge in [-0.1, -0.05) is 44.2 Å². The van der Waals surface area contributed by atoms with Gasteiger partial charge in [0.25, 0.3) is 0 Å². The third kappa shape index (κ3) is 3.80. The SMILES string of the molecule is CCC(CC)(C(=O)NCC1CNCC1O)c1ccccc1.Cl.